The maximum atomic E-state index is 12.2. The van der Waals surface area contributed by atoms with Crippen LogP contribution in [-0.2, 0) is 0 Å². The smallest absolute Gasteiger partial charge is 0.222 e. The monoisotopic (exact) mass is 910 g/mol. The summed E-state index contributed by atoms with van der Waals surface area (Å²) < 4.78 is 12.2. The summed E-state index contributed by atoms with van der Waals surface area (Å²) in [7, 11) is 3.10. The first-order valence-electron chi connectivity index (χ1n) is 22.8. The first-order chi connectivity index (χ1) is 34.4. The minimum Gasteiger partial charge on any atom is -0.495 e. The molecule has 0 fully saturated rings. The molecule has 336 valence electrons. The highest BCUT2D eigenvalue weighted by molar-refractivity contribution is 6.06. The van der Waals surface area contributed by atoms with Crippen molar-refractivity contribution in [2.45, 2.75) is 0 Å². The van der Waals surface area contributed by atoms with E-state index in [1.807, 2.05) is 133 Å². The number of H-pyrrole nitrogens is 2. The highest BCUT2D eigenvalue weighted by Crippen LogP contribution is 2.44. The number of aromatic amines is 2. The van der Waals surface area contributed by atoms with E-state index in [0.717, 1.165) is 78.0 Å². The second-order valence-corrected chi connectivity index (χ2v) is 16.9. The van der Waals surface area contributed by atoms with Crippen LogP contribution >= 0.6 is 0 Å². The lowest BCUT2D eigenvalue weighted by Gasteiger charge is -2.17. The number of ether oxygens (including phenoxy) is 2. The summed E-state index contributed by atoms with van der Waals surface area (Å²) in [5.41, 5.74) is 15.7. The number of methoxy groups -OCH3 is 2. The highest BCUT2D eigenvalue weighted by atomic mass is 16.5. The van der Waals surface area contributed by atoms with Crippen LogP contribution in [0.5, 0.6) is 11.5 Å². The summed E-state index contributed by atoms with van der Waals surface area (Å²) >= 11 is 0. The average molecular weight is 911 g/mol. The fourth-order valence-corrected chi connectivity index (χ4v) is 9.79. The van der Waals surface area contributed by atoms with E-state index in [9.17, 15) is 10.2 Å². The van der Waals surface area contributed by atoms with E-state index in [4.69, 9.17) is 29.4 Å². The molecule has 3 aromatic heterocycles. The van der Waals surface area contributed by atoms with Crippen molar-refractivity contribution >= 4 is 69.5 Å². The number of aliphatic hydroxyl groups excluding tert-OH is 2. The van der Waals surface area contributed by atoms with E-state index in [-0.39, 0.29) is 11.8 Å². The lowest BCUT2D eigenvalue weighted by atomic mass is 9.97. The minimum atomic E-state index is -0.270. The van der Waals surface area contributed by atoms with Gasteiger partial charge in [0.25, 0.3) is 0 Å². The number of hydrogen-bond acceptors (Lipinski definition) is 6. The molecule has 4 N–H and O–H groups in total. The molecular formula is C60H42N6O4. The van der Waals surface area contributed by atoms with Crippen molar-refractivity contribution in [1.29, 1.82) is 0 Å². The van der Waals surface area contributed by atoms with E-state index in [1.165, 1.54) is 0 Å². The van der Waals surface area contributed by atoms with Crippen molar-refractivity contribution in [3.63, 3.8) is 0 Å². The molecule has 7 heterocycles. The van der Waals surface area contributed by atoms with Gasteiger partial charge in [-0.1, -0.05) is 121 Å². The van der Waals surface area contributed by atoms with E-state index < -0.39 is 0 Å². The normalized spacial score (nSPS) is 12.6. The molecule has 10 heteroatoms. The average Bonchev–Trinajstić information content (AvgIpc) is 4.26. The lowest BCUT2D eigenvalue weighted by Crippen LogP contribution is -2.06. The van der Waals surface area contributed by atoms with Crippen LogP contribution in [0.25, 0.3) is 102 Å². The molecule has 13 rings (SSSR count). The van der Waals surface area contributed by atoms with Gasteiger partial charge in [-0.2, -0.15) is 0 Å². The number of aromatic nitrogens is 4. The van der Waals surface area contributed by atoms with Crippen LogP contribution in [0, 0.1) is 0 Å². The number of hydrogen-bond donors (Lipinski definition) is 4. The summed E-state index contributed by atoms with van der Waals surface area (Å²) in [4.78, 5) is 28.5. The summed E-state index contributed by atoms with van der Waals surface area (Å²) in [5, 5.41) is 24.4. The van der Waals surface area contributed by atoms with Crippen molar-refractivity contribution in [1.82, 2.24) is 19.9 Å². The summed E-state index contributed by atoms with van der Waals surface area (Å²) in [6, 6.07) is 55.1. The fourth-order valence-electron chi connectivity index (χ4n) is 9.79. The molecule has 4 aliphatic heterocycles. The molecule has 0 atom stereocenters. The molecule has 0 saturated heterocycles. The Balaban J connectivity index is 1.30. The van der Waals surface area contributed by atoms with Gasteiger partial charge in [0.2, 0.25) is 11.8 Å². The Bertz CT molecular complexity index is 3630. The summed E-state index contributed by atoms with van der Waals surface area (Å²) in [6.45, 7) is 0. The van der Waals surface area contributed by atoms with Crippen LogP contribution in [0.3, 0.4) is 0 Å². The van der Waals surface area contributed by atoms with Crippen LogP contribution in [-0.4, -0.2) is 56.2 Å². The highest BCUT2D eigenvalue weighted by Gasteiger charge is 2.25. The Morgan fingerprint density at radius 2 is 0.671 bits per heavy atom. The van der Waals surface area contributed by atoms with Gasteiger partial charge in [-0.15, -0.1) is 0 Å². The number of nitrogens with one attached hydrogen (secondary N) is 2. The zero-order valence-electron chi connectivity index (χ0n) is 38.0. The molecule has 0 amide bonds. The second kappa shape index (κ2) is 17.3. The Hall–Kier alpha value is -9.54. The first kappa shape index (κ1) is 41.9. The number of rotatable bonds is 4. The van der Waals surface area contributed by atoms with E-state index in [0.29, 0.717) is 56.5 Å². The fraction of sp³-hybridized carbons (Fsp3) is 0.0333. The standard InChI is InChI=1S/C60H42N6O4/c1-69-57-37-21-13-23-41(57)59(67)65-43-25-11-9-19-39(43)55-49-31-27-45(61-49)53(35-15-5-3-6-16-35)47-29-33-51(63-47)56(40-20-10-12-26-44(40)66-60(68)42-24-14-22-38(37)58(42)70-2)52-34-30-48(64-52)54(36-17-7-4-8-18-36)46-28-32-50(55)62-46/h3-34,61,64H,1-2H3,(H,65,67)(H,66,68). The second-order valence-electron chi connectivity index (χ2n) is 16.9. The topological polar surface area (TPSA) is 141 Å². The Labute approximate surface area is 402 Å². The van der Waals surface area contributed by atoms with Gasteiger partial charge in [0.15, 0.2) is 0 Å². The molecule has 0 aliphatic carbocycles. The van der Waals surface area contributed by atoms with Gasteiger partial charge >= 0.3 is 0 Å². The summed E-state index contributed by atoms with van der Waals surface area (Å²) in [5.74, 6) is 0.173. The molecule has 0 unspecified atom stereocenters. The molecule has 10 nitrogen and oxygen atoms in total. The number of nitrogens with zero attached hydrogens (tertiary/aromatic N) is 4. The molecule has 0 radical (unpaired) electrons. The van der Waals surface area contributed by atoms with Crippen molar-refractivity contribution in [3.05, 3.63) is 204 Å². The largest absolute Gasteiger partial charge is 0.495 e. The number of aliphatic hydroxyl groups is 2. The molecule has 0 spiro atoms. The SMILES string of the molecule is COc1c2cccc1-c1cccc(c1OC)C(O)=Nc1ccccc1-c1c3nc(c(-c4ccccc4)c4ccc([nH]4)c(c4nc(c(-c5ccccc5)c5ccc1[nH]5)C=C4)-c1ccccc1N=C2O)C=C3. The predicted octanol–water partition coefficient (Wildman–Crippen LogP) is 14.6. The van der Waals surface area contributed by atoms with E-state index >= 15 is 0 Å². The number of benzene rings is 6. The molecule has 14 bridgehead atoms. The number of para-hydroxylation sites is 4. The third-order valence-corrected chi connectivity index (χ3v) is 12.9. The molecular weight excluding hydrogens is 869 g/mol. The minimum absolute atomic E-state index is 0.270. The van der Waals surface area contributed by atoms with Crippen LogP contribution in [0.15, 0.2) is 180 Å². The van der Waals surface area contributed by atoms with Crippen molar-refractivity contribution in [2.75, 3.05) is 14.2 Å². The quantitative estimate of drug-likeness (QED) is 0.139. The molecule has 0 saturated carbocycles. The molecule has 6 aromatic carbocycles. The molecule has 4 aliphatic rings. The number of aliphatic imine (C=N–C) groups is 2. The Morgan fingerprint density at radius 3 is 1.07 bits per heavy atom. The maximum absolute atomic E-state index is 12.2. The van der Waals surface area contributed by atoms with Gasteiger partial charge in [0.05, 0.1) is 59.5 Å². The van der Waals surface area contributed by atoms with Gasteiger partial charge in [0, 0.05) is 66.6 Å². The first-order valence-corrected chi connectivity index (χ1v) is 22.8. The van der Waals surface area contributed by atoms with Gasteiger partial charge < -0.3 is 29.7 Å². The van der Waals surface area contributed by atoms with Crippen molar-refractivity contribution in [3.8, 4) is 67.1 Å². The molecule has 9 aromatic rings. The van der Waals surface area contributed by atoms with Gasteiger partial charge in [0.1, 0.15) is 11.5 Å². The Morgan fingerprint density at radius 1 is 0.343 bits per heavy atom. The van der Waals surface area contributed by atoms with E-state index in [1.54, 1.807) is 26.4 Å². The van der Waals surface area contributed by atoms with E-state index in [2.05, 4.69) is 58.5 Å². The van der Waals surface area contributed by atoms with Gasteiger partial charge in [-0.25, -0.2) is 20.0 Å². The van der Waals surface area contributed by atoms with Gasteiger partial charge in [-0.05, 0) is 84.0 Å². The summed E-state index contributed by atoms with van der Waals surface area (Å²) in [6.07, 6.45) is 8.16. The van der Waals surface area contributed by atoms with Gasteiger partial charge in [-0.3, -0.25) is 0 Å². The van der Waals surface area contributed by atoms with Crippen LogP contribution in [0.1, 0.15) is 33.9 Å². The lowest BCUT2D eigenvalue weighted by molar-refractivity contribution is 0.407. The third-order valence-electron chi connectivity index (χ3n) is 12.9. The Kier molecular flexibility index (Phi) is 10.3. The van der Waals surface area contributed by atoms with Crippen LogP contribution in [0.2, 0.25) is 0 Å². The zero-order valence-corrected chi connectivity index (χ0v) is 38.0. The molecule has 70 heavy (non-hydrogen) atoms. The predicted molar refractivity (Wildman–Crippen MR) is 283 cm³/mol. The maximum Gasteiger partial charge on any atom is 0.222 e. The third kappa shape index (κ3) is 7.14. The van der Waals surface area contributed by atoms with Crippen molar-refractivity contribution in [2.24, 2.45) is 9.98 Å². The van der Waals surface area contributed by atoms with Crippen LogP contribution in [0.4, 0.5) is 11.4 Å². The van der Waals surface area contributed by atoms with Crippen molar-refractivity contribution < 1.29 is 19.7 Å². The van der Waals surface area contributed by atoms with Crippen LogP contribution < -0.4 is 9.47 Å². The zero-order chi connectivity index (χ0) is 47.3.